The first kappa shape index (κ1) is 21.0. The van der Waals surface area contributed by atoms with Crippen molar-refractivity contribution in [3.8, 4) is 11.5 Å². The van der Waals surface area contributed by atoms with E-state index in [1.807, 2.05) is 19.9 Å². The Morgan fingerprint density at radius 2 is 1.73 bits per heavy atom. The largest absolute Gasteiger partial charge is 0.454 e. The smallest absolute Gasteiger partial charge is 0.327 e. The van der Waals surface area contributed by atoms with Crippen molar-refractivity contribution in [3.05, 3.63) is 23.8 Å². The number of hydrogen-bond acceptors (Lipinski definition) is 5. The van der Waals surface area contributed by atoms with Gasteiger partial charge in [-0.25, -0.2) is 4.79 Å². The lowest BCUT2D eigenvalue weighted by molar-refractivity contribution is -0.135. The number of ether oxygens (including phenoxy) is 2. The van der Waals surface area contributed by atoms with Gasteiger partial charge in [0.1, 0.15) is 5.54 Å². The molecule has 0 aliphatic carbocycles. The van der Waals surface area contributed by atoms with Gasteiger partial charge in [0.2, 0.25) is 6.79 Å². The van der Waals surface area contributed by atoms with Gasteiger partial charge in [-0.1, -0.05) is 26.8 Å². The number of urea groups is 1. The fourth-order valence-corrected chi connectivity index (χ4v) is 5.00. The molecule has 3 aliphatic rings. The van der Waals surface area contributed by atoms with Gasteiger partial charge in [0.15, 0.2) is 11.5 Å². The number of fused-ring (bicyclic) bond motifs is 1. The van der Waals surface area contributed by atoms with E-state index in [0.717, 1.165) is 37.6 Å². The van der Waals surface area contributed by atoms with Crippen LogP contribution in [-0.4, -0.2) is 72.2 Å². The van der Waals surface area contributed by atoms with E-state index in [0.29, 0.717) is 32.1 Å². The molecule has 0 aromatic heterocycles. The average Bonchev–Trinajstić information content (AvgIpc) is 3.24. The SMILES string of the molecule is CC(C)CN1C(=O)N(C)C2(CCN(CC(C)Cc3ccc4c(c3)OCO4)CC2)C1=O. The second-order valence-corrected chi connectivity index (χ2v) is 9.48. The maximum absolute atomic E-state index is 13.1. The van der Waals surface area contributed by atoms with Crippen molar-refractivity contribution in [3.63, 3.8) is 0 Å². The monoisotopic (exact) mass is 415 g/mol. The zero-order valence-electron chi connectivity index (χ0n) is 18.5. The molecular formula is C23H33N3O4. The molecule has 4 rings (SSSR count). The van der Waals surface area contributed by atoms with Gasteiger partial charge in [0.25, 0.3) is 5.91 Å². The van der Waals surface area contributed by atoms with Gasteiger partial charge in [-0.05, 0) is 48.8 Å². The van der Waals surface area contributed by atoms with Crippen LogP contribution in [0.4, 0.5) is 4.79 Å². The summed E-state index contributed by atoms with van der Waals surface area (Å²) >= 11 is 0. The first-order valence-electron chi connectivity index (χ1n) is 11.0. The van der Waals surface area contributed by atoms with E-state index in [1.165, 1.54) is 10.5 Å². The van der Waals surface area contributed by atoms with Crippen LogP contribution < -0.4 is 9.47 Å². The number of amides is 3. The van der Waals surface area contributed by atoms with Crippen molar-refractivity contribution >= 4 is 11.9 Å². The summed E-state index contributed by atoms with van der Waals surface area (Å²) in [5.74, 6) is 2.41. The number of benzene rings is 1. The molecule has 1 atom stereocenters. The third kappa shape index (κ3) is 3.75. The highest BCUT2D eigenvalue weighted by atomic mass is 16.7. The highest BCUT2D eigenvalue weighted by Crippen LogP contribution is 2.37. The summed E-state index contributed by atoms with van der Waals surface area (Å²) in [6, 6.07) is 6.02. The number of piperidine rings is 1. The third-order valence-electron chi connectivity index (χ3n) is 6.63. The molecule has 3 amide bonds. The minimum atomic E-state index is -0.650. The van der Waals surface area contributed by atoms with E-state index in [4.69, 9.17) is 9.47 Å². The summed E-state index contributed by atoms with van der Waals surface area (Å²) in [5.41, 5.74) is 0.601. The number of rotatable bonds is 6. The Morgan fingerprint density at radius 3 is 2.43 bits per heavy atom. The van der Waals surface area contributed by atoms with Gasteiger partial charge in [0.05, 0.1) is 0 Å². The molecule has 3 heterocycles. The Hall–Kier alpha value is -2.28. The van der Waals surface area contributed by atoms with Gasteiger partial charge in [-0.2, -0.15) is 0 Å². The summed E-state index contributed by atoms with van der Waals surface area (Å²) in [7, 11) is 1.79. The lowest BCUT2D eigenvalue weighted by Gasteiger charge is -2.41. The van der Waals surface area contributed by atoms with E-state index < -0.39 is 5.54 Å². The van der Waals surface area contributed by atoms with Crippen LogP contribution in [0.2, 0.25) is 0 Å². The standard InChI is InChI=1S/C23H33N3O4/c1-16(2)13-26-21(27)23(24(4)22(26)28)7-9-25(10-8-23)14-17(3)11-18-5-6-19-20(12-18)30-15-29-19/h5-6,12,16-17H,7-11,13-15H2,1-4H3. The molecule has 0 N–H and O–H groups in total. The third-order valence-corrected chi connectivity index (χ3v) is 6.63. The van der Waals surface area contributed by atoms with Crippen LogP contribution in [0.15, 0.2) is 18.2 Å². The van der Waals surface area contributed by atoms with Crippen molar-refractivity contribution < 1.29 is 19.1 Å². The van der Waals surface area contributed by atoms with Gasteiger partial charge in [0, 0.05) is 33.2 Å². The Balaban J connectivity index is 1.33. The predicted molar refractivity (Wildman–Crippen MR) is 114 cm³/mol. The van der Waals surface area contributed by atoms with E-state index in [2.05, 4.69) is 24.0 Å². The zero-order valence-corrected chi connectivity index (χ0v) is 18.5. The molecule has 7 heteroatoms. The van der Waals surface area contributed by atoms with Crippen LogP contribution in [0.25, 0.3) is 0 Å². The highest BCUT2D eigenvalue weighted by Gasteiger charge is 2.56. The minimum Gasteiger partial charge on any atom is -0.454 e. The molecule has 2 fully saturated rings. The van der Waals surface area contributed by atoms with Crippen molar-refractivity contribution in [2.24, 2.45) is 11.8 Å². The Labute approximate surface area is 178 Å². The molecular weight excluding hydrogens is 382 g/mol. The quantitative estimate of drug-likeness (QED) is 0.669. The maximum Gasteiger partial charge on any atom is 0.327 e. The molecule has 7 nitrogen and oxygen atoms in total. The summed E-state index contributed by atoms with van der Waals surface area (Å²) in [6.45, 7) is 9.79. The van der Waals surface area contributed by atoms with Gasteiger partial charge in [-0.3, -0.25) is 9.69 Å². The second kappa shape index (κ2) is 8.10. The lowest BCUT2D eigenvalue weighted by Crippen LogP contribution is -2.55. The van der Waals surface area contributed by atoms with Crippen LogP contribution in [0, 0.1) is 11.8 Å². The van der Waals surface area contributed by atoms with Crippen LogP contribution in [-0.2, 0) is 11.2 Å². The fraction of sp³-hybridized carbons (Fsp3) is 0.652. The number of imide groups is 1. The second-order valence-electron chi connectivity index (χ2n) is 9.48. The Morgan fingerprint density at radius 1 is 1.03 bits per heavy atom. The highest BCUT2D eigenvalue weighted by molar-refractivity contribution is 6.07. The van der Waals surface area contributed by atoms with E-state index >= 15 is 0 Å². The first-order chi connectivity index (χ1) is 14.3. The number of hydrogen-bond donors (Lipinski definition) is 0. The van der Waals surface area contributed by atoms with Gasteiger partial charge < -0.3 is 19.3 Å². The van der Waals surface area contributed by atoms with E-state index in [9.17, 15) is 9.59 Å². The molecule has 3 aliphatic heterocycles. The molecule has 0 bridgehead atoms. The number of carbonyl (C=O) groups excluding carboxylic acids is 2. The zero-order chi connectivity index (χ0) is 21.5. The summed E-state index contributed by atoms with van der Waals surface area (Å²) < 4.78 is 10.9. The number of nitrogens with zero attached hydrogens (tertiary/aromatic N) is 3. The van der Waals surface area contributed by atoms with Crippen molar-refractivity contribution in [1.82, 2.24) is 14.7 Å². The molecule has 2 saturated heterocycles. The van der Waals surface area contributed by atoms with E-state index in [1.54, 1.807) is 11.9 Å². The van der Waals surface area contributed by atoms with Gasteiger partial charge in [-0.15, -0.1) is 0 Å². The van der Waals surface area contributed by atoms with Crippen LogP contribution in [0.5, 0.6) is 11.5 Å². The Bertz CT molecular complexity index is 817. The molecule has 0 radical (unpaired) electrons. The average molecular weight is 416 g/mol. The van der Waals surface area contributed by atoms with Crippen molar-refractivity contribution in [2.45, 2.75) is 45.6 Å². The molecule has 30 heavy (non-hydrogen) atoms. The van der Waals surface area contributed by atoms with E-state index in [-0.39, 0.29) is 17.9 Å². The number of likely N-dealkylation sites (N-methyl/N-ethyl adjacent to an activating group) is 1. The minimum absolute atomic E-state index is 0.00300. The number of likely N-dealkylation sites (tertiary alicyclic amines) is 1. The predicted octanol–water partition coefficient (Wildman–Crippen LogP) is 2.98. The first-order valence-corrected chi connectivity index (χ1v) is 11.0. The topological polar surface area (TPSA) is 62.3 Å². The van der Waals surface area contributed by atoms with Crippen LogP contribution >= 0.6 is 0 Å². The molecule has 164 valence electrons. The summed E-state index contributed by atoms with van der Waals surface area (Å²) in [5, 5.41) is 0. The summed E-state index contributed by atoms with van der Waals surface area (Å²) in [6.07, 6.45) is 2.39. The van der Waals surface area contributed by atoms with Crippen molar-refractivity contribution in [2.75, 3.05) is 40.0 Å². The van der Waals surface area contributed by atoms with Crippen LogP contribution in [0.1, 0.15) is 39.2 Å². The maximum atomic E-state index is 13.1. The van der Waals surface area contributed by atoms with Crippen LogP contribution in [0.3, 0.4) is 0 Å². The molecule has 0 saturated carbocycles. The molecule has 1 spiro atoms. The Kier molecular flexibility index (Phi) is 5.66. The molecule has 1 aromatic carbocycles. The number of carbonyl (C=O) groups is 2. The normalized spacial score (nSPS) is 21.9. The molecule has 1 unspecified atom stereocenters. The lowest BCUT2D eigenvalue weighted by atomic mass is 9.85. The fourth-order valence-electron chi connectivity index (χ4n) is 5.00. The summed E-state index contributed by atoms with van der Waals surface area (Å²) in [4.78, 5) is 31.4. The molecule has 1 aromatic rings. The van der Waals surface area contributed by atoms with Crippen molar-refractivity contribution in [1.29, 1.82) is 0 Å². The van der Waals surface area contributed by atoms with Gasteiger partial charge >= 0.3 is 6.03 Å².